The molecule has 1 aromatic carbocycles. The Balaban J connectivity index is 2.28. The van der Waals surface area contributed by atoms with Crippen molar-refractivity contribution in [1.29, 1.82) is 0 Å². The molecule has 0 aliphatic carbocycles. The van der Waals surface area contributed by atoms with Gasteiger partial charge >= 0.3 is 8.80 Å². The van der Waals surface area contributed by atoms with E-state index in [4.69, 9.17) is 13.3 Å². The molecule has 0 amide bonds. The fourth-order valence-corrected chi connectivity index (χ4v) is 6.25. The van der Waals surface area contributed by atoms with Crippen molar-refractivity contribution in [3.63, 3.8) is 0 Å². The highest BCUT2D eigenvalue weighted by Crippen LogP contribution is 2.20. The molecule has 0 atom stereocenters. The van der Waals surface area contributed by atoms with E-state index in [1.165, 1.54) is 5.56 Å². The normalized spacial score (nSPS) is 11.6. The lowest BCUT2D eigenvalue weighted by atomic mass is 10.1. The number of rotatable bonds is 14. The van der Waals surface area contributed by atoms with Crippen molar-refractivity contribution in [2.24, 2.45) is 0 Å². The van der Waals surface area contributed by atoms with Crippen LogP contribution in [0, 0.1) is 0 Å². The van der Waals surface area contributed by atoms with Crippen molar-refractivity contribution >= 4 is 26.9 Å². The lowest BCUT2D eigenvalue weighted by molar-refractivity contribution is 0.0712. The second kappa shape index (κ2) is 12.7. The van der Waals surface area contributed by atoms with Gasteiger partial charge in [0.1, 0.15) is 6.29 Å². The third-order valence-electron chi connectivity index (χ3n) is 3.52. The zero-order chi connectivity index (χ0) is 17.7. The number of aldehydes is 1. The number of thioether (sulfide) groups is 1. The van der Waals surface area contributed by atoms with Crippen molar-refractivity contribution in [3.8, 4) is 0 Å². The third kappa shape index (κ3) is 7.94. The SMILES string of the molecule is CCO[Si](CCCSCCc1ccc(C=O)cc1)(OCC)OCC. The fourth-order valence-electron chi connectivity index (χ4n) is 2.45. The van der Waals surface area contributed by atoms with Gasteiger partial charge in [0.25, 0.3) is 0 Å². The maximum absolute atomic E-state index is 10.6. The molecule has 0 saturated carbocycles. The molecule has 0 radical (unpaired) electrons. The van der Waals surface area contributed by atoms with Crippen LogP contribution in [0.3, 0.4) is 0 Å². The minimum Gasteiger partial charge on any atom is -0.374 e. The van der Waals surface area contributed by atoms with Gasteiger partial charge in [0.05, 0.1) is 0 Å². The molecule has 1 rings (SSSR count). The Morgan fingerprint density at radius 2 is 1.54 bits per heavy atom. The maximum Gasteiger partial charge on any atom is 0.500 e. The molecule has 4 nitrogen and oxygen atoms in total. The largest absolute Gasteiger partial charge is 0.500 e. The fraction of sp³-hybridized carbons (Fsp3) is 0.611. The van der Waals surface area contributed by atoms with E-state index in [2.05, 4.69) is 0 Å². The molecule has 0 bridgehead atoms. The number of carbonyl (C=O) groups is 1. The number of carbonyl (C=O) groups excluding carboxylic acids is 1. The van der Waals surface area contributed by atoms with Crippen molar-refractivity contribution in [2.75, 3.05) is 31.3 Å². The first-order valence-electron chi connectivity index (χ1n) is 8.73. The second-order valence-corrected chi connectivity index (χ2v) is 9.26. The van der Waals surface area contributed by atoms with Crippen LogP contribution in [0.5, 0.6) is 0 Å². The smallest absolute Gasteiger partial charge is 0.374 e. The van der Waals surface area contributed by atoms with Crippen LogP contribution in [0.15, 0.2) is 24.3 Å². The van der Waals surface area contributed by atoms with Gasteiger partial charge in [0.15, 0.2) is 0 Å². The van der Waals surface area contributed by atoms with E-state index in [1.807, 2.05) is 56.8 Å². The van der Waals surface area contributed by atoms with E-state index in [-0.39, 0.29) is 0 Å². The molecular weight excluding hydrogens is 340 g/mol. The van der Waals surface area contributed by atoms with Gasteiger partial charge < -0.3 is 13.3 Å². The molecular formula is C18H30O4SSi. The van der Waals surface area contributed by atoms with Crippen molar-refractivity contribution in [2.45, 2.75) is 39.7 Å². The van der Waals surface area contributed by atoms with E-state index in [0.717, 1.165) is 42.2 Å². The zero-order valence-corrected chi connectivity index (χ0v) is 16.9. The second-order valence-electron chi connectivity index (χ2n) is 5.31. The van der Waals surface area contributed by atoms with Gasteiger partial charge in [-0.3, -0.25) is 4.79 Å². The third-order valence-corrected chi connectivity index (χ3v) is 7.74. The van der Waals surface area contributed by atoms with Gasteiger partial charge in [-0.1, -0.05) is 24.3 Å². The molecule has 0 aliphatic heterocycles. The number of benzene rings is 1. The molecule has 24 heavy (non-hydrogen) atoms. The average molecular weight is 371 g/mol. The van der Waals surface area contributed by atoms with Crippen molar-refractivity contribution in [1.82, 2.24) is 0 Å². The summed E-state index contributed by atoms with van der Waals surface area (Å²) in [5.74, 6) is 2.15. The van der Waals surface area contributed by atoms with Gasteiger partial charge in [-0.05, 0) is 50.7 Å². The number of hydrogen-bond donors (Lipinski definition) is 0. The molecule has 0 unspecified atom stereocenters. The maximum atomic E-state index is 10.6. The van der Waals surface area contributed by atoms with Gasteiger partial charge in [-0.15, -0.1) is 0 Å². The van der Waals surface area contributed by atoms with Crippen molar-refractivity contribution < 1.29 is 18.1 Å². The molecule has 0 saturated heterocycles. The average Bonchev–Trinajstić information content (AvgIpc) is 2.59. The summed E-state index contributed by atoms with van der Waals surface area (Å²) in [5.41, 5.74) is 2.00. The van der Waals surface area contributed by atoms with Crippen LogP contribution in [-0.4, -0.2) is 46.4 Å². The van der Waals surface area contributed by atoms with Gasteiger partial charge in [-0.2, -0.15) is 11.8 Å². The summed E-state index contributed by atoms with van der Waals surface area (Å²) in [6.07, 6.45) is 2.94. The first kappa shape index (κ1) is 21.4. The predicted molar refractivity (Wildman–Crippen MR) is 103 cm³/mol. The molecule has 6 heteroatoms. The van der Waals surface area contributed by atoms with Crippen LogP contribution in [0.2, 0.25) is 6.04 Å². The summed E-state index contributed by atoms with van der Waals surface area (Å²) in [4.78, 5) is 10.6. The van der Waals surface area contributed by atoms with Crippen LogP contribution in [0.25, 0.3) is 0 Å². The van der Waals surface area contributed by atoms with Crippen LogP contribution >= 0.6 is 11.8 Å². The summed E-state index contributed by atoms with van der Waals surface area (Å²) in [6.45, 7) is 7.88. The van der Waals surface area contributed by atoms with Gasteiger partial charge in [-0.25, -0.2) is 0 Å². The van der Waals surface area contributed by atoms with Gasteiger partial charge in [0.2, 0.25) is 0 Å². The topological polar surface area (TPSA) is 44.8 Å². The Hall–Kier alpha value is -0.663. The minimum absolute atomic E-state index is 0.635. The van der Waals surface area contributed by atoms with Crippen LogP contribution in [0.4, 0.5) is 0 Å². The van der Waals surface area contributed by atoms with Crippen LogP contribution in [-0.2, 0) is 19.7 Å². The minimum atomic E-state index is -2.48. The van der Waals surface area contributed by atoms with E-state index in [0.29, 0.717) is 19.8 Å². The Bertz CT molecular complexity index is 436. The summed E-state index contributed by atoms with van der Waals surface area (Å²) in [5, 5.41) is 0. The zero-order valence-electron chi connectivity index (χ0n) is 15.1. The highest BCUT2D eigenvalue weighted by atomic mass is 32.2. The molecule has 0 N–H and O–H groups in total. The van der Waals surface area contributed by atoms with E-state index in [1.54, 1.807) is 0 Å². The standard InChI is InChI=1S/C18H30O4SSi/c1-4-20-24(21-5-2,22-6-3)15-7-13-23-14-12-17-8-10-18(16-19)11-9-17/h8-11,16H,4-7,12-15H2,1-3H3. The monoisotopic (exact) mass is 370 g/mol. The lowest BCUT2D eigenvalue weighted by Gasteiger charge is -2.28. The van der Waals surface area contributed by atoms with E-state index >= 15 is 0 Å². The molecule has 0 spiro atoms. The Morgan fingerprint density at radius 1 is 0.958 bits per heavy atom. The number of hydrogen-bond acceptors (Lipinski definition) is 5. The van der Waals surface area contributed by atoms with Crippen LogP contribution in [0.1, 0.15) is 43.1 Å². The number of aryl methyl sites for hydroxylation is 1. The Morgan fingerprint density at radius 3 is 2.04 bits per heavy atom. The Labute approximate surface area is 151 Å². The Kier molecular flexibility index (Phi) is 11.3. The first-order chi connectivity index (χ1) is 11.7. The predicted octanol–water partition coefficient (Wildman–Crippen LogP) is 4.21. The molecule has 1 aromatic rings. The highest BCUT2D eigenvalue weighted by Gasteiger charge is 2.39. The molecule has 0 heterocycles. The summed E-state index contributed by atoms with van der Waals surface area (Å²) in [6, 6.07) is 8.69. The van der Waals surface area contributed by atoms with Crippen LogP contribution < -0.4 is 0 Å². The van der Waals surface area contributed by atoms with E-state index in [9.17, 15) is 4.79 Å². The summed E-state index contributed by atoms with van der Waals surface area (Å²) >= 11 is 1.94. The van der Waals surface area contributed by atoms with E-state index < -0.39 is 8.80 Å². The highest BCUT2D eigenvalue weighted by molar-refractivity contribution is 7.99. The molecule has 0 aromatic heterocycles. The van der Waals surface area contributed by atoms with Crippen molar-refractivity contribution in [3.05, 3.63) is 35.4 Å². The molecule has 0 aliphatic rings. The molecule has 136 valence electrons. The summed E-state index contributed by atoms with van der Waals surface area (Å²) < 4.78 is 17.6. The summed E-state index contributed by atoms with van der Waals surface area (Å²) in [7, 11) is -2.48. The molecule has 0 fully saturated rings. The lowest BCUT2D eigenvalue weighted by Crippen LogP contribution is -2.46. The first-order valence-corrected chi connectivity index (χ1v) is 11.8. The van der Waals surface area contributed by atoms with Gasteiger partial charge in [0, 0.05) is 31.4 Å². The quantitative estimate of drug-likeness (QED) is 0.279.